The molecule has 24 heavy (non-hydrogen) atoms. The quantitative estimate of drug-likeness (QED) is 0.722. The lowest BCUT2D eigenvalue weighted by molar-refractivity contribution is 0.415. The summed E-state index contributed by atoms with van der Waals surface area (Å²) < 4.78 is 31.4. The molecular weight excluding hydrogens is 330 g/mol. The molecule has 1 heterocycles. The molecule has 2 aromatic carbocycles. The summed E-state index contributed by atoms with van der Waals surface area (Å²) >= 11 is 0. The van der Waals surface area contributed by atoms with Crippen molar-refractivity contribution in [3.63, 3.8) is 0 Å². The molecule has 1 unspecified atom stereocenters. The van der Waals surface area contributed by atoms with Gasteiger partial charge in [-0.3, -0.25) is 0 Å². The van der Waals surface area contributed by atoms with Crippen LogP contribution in [-0.2, 0) is 10.2 Å². The molecule has 0 aliphatic rings. The van der Waals surface area contributed by atoms with Crippen LogP contribution in [0.4, 0.5) is 0 Å². The van der Waals surface area contributed by atoms with Gasteiger partial charge in [-0.05, 0) is 36.8 Å². The van der Waals surface area contributed by atoms with Crippen LogP contribution in [0.1, 0.15) is 18.5 Å². The van der Waals surface area contributed by atoms with E-state index >= 15 is 0 Å². The molecule has 0 amide bonds. The normalized spacial score (nSPS) is 13.1. The second-order valence-corrected chi connectivity index (χ2v) is 6.66. The van der Waals surface area contributed by atoms with Crippen molar-refractivity contribution in [3.05, 3.63) is 48.0 Å². The van der Waals surface area contributed by atoms with E-state index in [0.29, 0.717) is 5.75 Å². The first-order valence-corrected chi connectivity index (χ1v) is 8.72. The number of benzene rings is 2. The van der Waals surface area contributed by atoms with Gasteiger partial charge in [0, 0.05) is 12.1 Å². The number of ether oxygens (including phenoxy) is 1. The summed E-state index contributed by atoms with van der Waals surface area (Å²) in [6.45, 7) is 1.72. The van der Waals surface area contributed by atoms with E-state index in [2.05, 4.69) is 15.0 Å². The van der Waals surface area contributed by atoms with Crippen molar-refractivity contribution >= 4 is 21.2 Å². The van der Waals surface area contributed by atoms with E-state index < -0.39 is 16.3 Å². The van der Waals surface area contributed by atoms with Gasteiger partial charge in [0.2, 0.25) is 0 Å². The van der Waals surface area contributed by atoms with Crippen LogP contribution in [0, 0.1) is 0 Å². The minimum atomic E-state index is -3.75. The number of rotatable bonds is 5. The second kappa shape index (κ2) is 6.19. The van der Waals surface area contributed by atoms with Crippen LogP contribution in [0.15, 0.2) is 42.5 Å². The number of hydrogen-bond acceptors (Lipinski definition) is 5. The molecular formula is C15H17N5O3S. The highest BCUT2D eigenvalue weighted by Gasteiger charge is 2.12. The lowest BCUT2D eigenvalue weighted by Gasteiger charge is -2.13. The summed E-state index contributed by atoms with van der Waals surface area (Å²) in [6.07, 6.45) is 0. The average Bonchev–Trinajstić information content (AvgIpc) is 2.96. The van der Waals surface area contributed by atoms with Crippen LogP contribution in [0.25, 0.3) is 16.7 Å². The Bertz CT molecular complexity index is 966. The van der Waals surface area contributed by atoms with Crippen LogP contribution in [-0.4, -0.2) is 30.5 Å². The van der Waals surface area contributed by atoms with Gasteiger partial charge in [-0.1, -0.05) is 17.3 Å². The lowest BCUT2D eigenvalue weighted by atomic mass is 10.1. The van der Waals surface area contributed by atoms with Gasteiger partial charge < -0.3 is 4.74 Å². The maximum absolute atomic E-state index is 11.1. The van der Waals surface area contributed by atoms with E-state index in [1.165, 1.54) is 0 Å². The van der Waals surface area contributed by atoms with E-state index in [9.17, 15) is 8.42 Å². The second-order valence-electron chi connectivity index (χ2n) is 5.33. The Labute approximate surface area is 139 Å². The molecule has 1 aromatic heterocycles. The van der Waals surface area contributed by atoms with Gasteiger partial charge in [0.15, 0.2) is 0 Å². The smallest absolute Gasteiger partial charge is 0.274 e. The minimum absolute atomic E-state index is 0.425. The molecule has 3 aromatic rings. The Hall–Kier alpha value is -2.49. The largest absolute Gasteiger partial charge is 0.497 e. The first kappa shape index (κ1) is 16.4. The molecule has 0 bridgehead atoms. The molecule has 1 atom stereocenters. The van der Waals surface area contributed by atoms with Gasteiger partial charge in [0.1, 0.15) is 11.3 Å². The number of nitrogens with two attached hydrogens (primary N) is 1. The SMILES string of the molecule is COc1ccc2c(c1)nnn2-c1ccc(C(C)NS(N)(=O)=O)cc1. The maximum Gasteiger partial charge on any atom is 0.274 e. The van der Waals surface area contributed by atoms with Crippen molar-refractivity contribution in [1.29, 1.82) is 0 Å². The molecule has 0 fully saturated rings. The summed E-state index contributed by atoms with van der Waals surface area (Å²) in [7, 11) is -2.15. The molecule has 3 rings (SSSR count). The zero-order chi connectivity index (χ0) is 17.3. The third-order valence-corrected chi connectivity index (χ3v) is 4.31. The maximum atomic E-state index is 11.1. The zero-order valence-electron chi connectivity index (χ0n) is 13.2. The monoisotopic (exact) mass is 347 g/mol. The fourth-order valence-corrected chi connectivity index (χ4v) is 3.07. The number of hydrogen-bond donors (Lipinski definition) is 2. The van der Waals surface area contributed by atoms with Gasteiger partial charge in [0.25, 0.3) is 10.2 Å². The number of methoxy groups -OCH3 is 1. The predicted octanol–water partition coefficient (Wildman–Crippen LogP) is 1.28. The molecule has 0 aliphatic heterocycles. The van der Waals surface area contributed by atoms with Crippen molar-refractivity contribution in [3.8, 4) is 11.4 Å². The van der Waals surface area contributed by atoms with E-state index in [1.54, 1.807) is 18.7 Å². The highest BCUT2D eigenvalue weighted by Crippen LogP contribution is 2.22. The van der Waals surface area contributed by atoms with Crippen LogP contribution >= 0.6 is 0 Å². The summed E-state index contributed by atoms with van der Waals surface area (Å²) in [5.41, 5.74) is 3.18. The first-order chi connectivity index (χ1) is 11.4. The summed E-state index contributed by atoms with van der Waals surface area (Å²) in [6, 6.07) is 12.4. The Kier molecular flexibility index (Phi) is 4.22. The Morgan fingerprint density at radius 3 is 2.54 bits per heavy atom. The molecule has 9 heteroatoms. The summed E-state index contributed by atoms with van der Waals surface area (Å²) in [5, 5.41) is 13.3. The number of aromatic nitrogens is 3. The predicted molar refractivity (Wildman–Crippen MR) is 90.1 cm³/mol. The van der Waals surface area contributed by atoms with Crippen molar-refractivity contribution < 1.29 is 13.2 Å². The minimum Gasteiger partial charge on any atom is -0.497 e. The van der Waals surface area contributed by atoms with Gasteiger partial charge in [-0.2, -0.15) is 13.1 Å². The molecule has 0 spiro atoms. The zero-order valence-corrected chi connectivity index (χ0v) is 14.0. The van der Waals surface area contributed by atoms with Crippen LogP contribution in [0.5, 0.6) is 5.75 Å². The van der Waals surface area contributed by atoms with E-state index in [1.807, 2.05) is 42.5 Å². The molecule has 8 nitrogen and oxygen atoms in total. The molecule has 0 saturated heterocycles. The van der Waals surface area contributed by atoms with Crippen molar-refractivity contribution in [2.24, 2.45) is 5.14 Å². The number of nitrogens with one attached hydrogen (secondary N) is 1. The van der Waals surface area contributed by atoms with Gasteiger partial charge >= 0.3 is 0 Å². The van der Waals surface area contributed by atoms with Gasteiger partial charge in [-0.15, -0.1) is 5.10 Å². The molecule has 126 valence electrons. The van der Waals surface area contributed by atoms with Gasteiger partial charge in [-0.25, -0.2) is 9.82 Å². The Balaban J connectivity index is 1.91. The molecule has 0 radical (unpaired) electrons. The topological polar surface area (TPSA) is 112 Å². The third-order valence-electron chi connectivity index (χ3n) is 3.63. The summed E-state index contributed by atoms with van der Waals surface area (Å²) in [5.74, 6) is 0.716. The lowest BCUT2D eigenvalue weighted by Crippen LogP contribution is -2.32. The van der Waals surface area contributed by atoms with E-state index in [4.69, 9.17) is 9.88 Å². The van der Waals surface area contributed by atoms with E-state index in [-0.39, 0.29) is 0 Å². The van der Waals surface area contributed by atoms with Crippen molar-refractivity contribution in [1.82, 2.24) is 19.7 Å². The fraction of sp³-hybridized carbons (Fsp3) is 0.200. The Morgan fingerprint density at radius 2 is 1.92 bits per heavy atom. The third kappa shape index (κ3) is 3.37. The van der Waals surface area contributed by atoms with Crippen molar-refractivity contribution in [2.45, 2.75) is 13.0 Å². The molecule has 0 saturated carbocycles. The van der Waals surface area contributed by atoms with Crippen LogP contribution in [0.3, 0.4) is 0 Å². The summed E-state index contributed by atoms with van der Waals surface area (Å²) in [4.78, 5) is 0. The van der Waals surface area contributed by atoms with E-state index in [0.717, 1.165) is 22.3 Å². The first-order valence-electron chi connectivity index (χ1n) is 7.17. The fourth-order valence-electron chi connectivity index (χ4n) is 2.44. The molecule has 0 aliphatic carbocycles. The highest BCUT2D eigenvalue weighted by molar-refractivity contribution is 7.87. The van der Waals surface area contributed by atoms with Crippen molar-refractivity contribution in [2.75, 3.05) is 7.11 Å². The molecule has 3 N–H and O–H groups in total. The standard InChI is InChI=1S/C15H17N5O3S/c1-10(18-24(16,21)22)11-3-5-12(6-4-11)20-15-8-7-13(23-2)9-14(15)17-19-20/h3-10,18H,1-2H3,(H2,16,21,22). The number of fused-ring (bicyclic) bond motifs is 1. The Morgan fingerprint density at radius 1 is 1.21 bits per heavy atom. The van der Waals surface area contributed by atoms with Crippen LogP contribution < -0.4 is 14.6 Å². The average molecular weight is 347 g/mol. The van der Waals surface area contributed by atoms with Gasteiger partial charge in [0.05, 0.1) is 18.3 Å². The number of nitrogens with zero attached hydrogens (tertiary/aromatic N) is 3. The van der Waals surface area contributed by atoms with Crippen LogP contribution in [0.2, 0.25) is 0 Å². The highest BCUT2D eigenvalue weighted by atomic mass is 32.2.